The summed E-state index contributed by atoms with van der Waals surface area (Å²) < 4.78 is 1.63. The fourth-order valence-electron chi connectivity index (χ4n) is 3.30. The number of carbonyl (C=O) groups is 2. The maximum atomic E-state index is 12.6. The molecule has 0 bridgehead atoms. The van der Waals surface area contributed by atoms with Gasteiger partial charge < -0.3 is 15.1 Å². The molecule has 0 atom stereocenters. The largest absolute Gasteiger partial charge is 0.368 e. The molecule has 2 amide bonds. The Morgan fingerprint density at radius 2 is 1.81 bits per heavy atom. The van der Waals surface area contributed by atoms with Crippen LogP contribution in [0.1, 0.15) is 10.5 Å². The van der Waals surface area contributed by atoms with E-state index in [1.165, 1.54) is 23.8 Å². The number of para-hydroxylation sites is 1. The number of carbonyl (C=O) groups excluding carboxylic acids is 2. The minimum Gasteiger partial charge on any atom is -0.368 e. The van der Waals surface area contributed by atoms with Crippen LogP contribution in [0.5, 0.6) is 0 Å². The van der Waals surface area contributed by atoms with Crippen molar-refractivity contribution < 1.29 is 9.59 Å². The first kappa shape index (κ1) is 20.9. The van der Waals surface area contributed by atoms with Crippen LogP contribution in [0, 0.1) is 0 Å². The fraction of sp³-hybridized carbons (Fsp3) is 0.286. The quantitative estimate of drug-likeness (QED) is 0.583. The van der Waals surface area contributed by atoms with Crippen molar-refractivity contribution >= 4 is 29.3 Å². The Labute approximate surface area is 184 Å². The first-order valence-corrected chi connectivity index (χ1v) is 10.9. The van der Waals surface area contributed by atoms with Gasteiger partial charge in [0.2, 0.25) is 5.91 Å². The van der Waals surface area contributed by atoms with Crippen LogP contribution >= 0.6 is 11.8 Å². The van der Waals surface area contributed by atoms with Crippen LogP contribution in [0.3, 0.4) is 0 Å². The number of rotatable bonds is 6. The number of hydrogen-bond donors (Lipinski definition) is 1. The number of imidazole rings is 1. The molecule has 10 heteroatoms. The summed E-state index contributed by atoms with van der Waals surface area (Å²) in [6.07, 6.45) is 3.11. The molecular formula is C21H23N7O2S. The second-order valence-electron chi connectivity index (χ2n) is 6.97. The smallest absolute Gasteiger partial charge is 0.271 e. The van der Waals surface area contributed by atoms with Gasteiger partial charge in [0.1, 0.15) is 17.0 Å². The van der Waals surface area contributed by atoms with Crippen LogP contribution in [0.2, 0.25) is 0 Å². The third-order valence-corrected chi connectivity index (χ3v) is 5.93. The highest BCUT2D eigenvalue weighted by atomic mass is 32.2. The number of hydrogen-bond acceptors (Lipinski definition) is 7. The van der Waals surface area contributed by atoms with Gasteiger partial charge in [0.15, 0.2) is 5.82 Å². The Morgan fingerprint density at radius 1 is 1.03 bits per heavy atom. The average Bonchev–Trinajstić information content (AvgIpc) is 3.33. The molecule has 9 nitrogen and oxygen atoms in total. The Morgan fingerprint density at radius 3 is 2.48 bits per heavy atom. The number of benzene rings is 1. The molecule has 4 rings (SSSR count). The molecule has 0 spiro atoms. The van der Waals surface area contributed by atoms with Gasteiger partial charge in [0.25, 0.3) is 5.91 Å². The van der Waals surface area contributed by atoms with Gasteiger partial charge in [-0.05, 0) is 24.3 Å². The molecule has 1 aromatic carbocycles. The summed E-state index contributed by atoms with van der Waals surface area (Å²) in [5.41, 5.74) is 1.50. The van der Waals surface area contributed by atoms with Gasteiger partial charge in [0, 0.05) is 45.1 Å². The van der Waals surface area contributed by atoms with E-state index in [1.54, 1.807) is 23.9 Å². The fourth-order valence-corrected chi connectivity index (χ4v) is 4.02. The van der Waals surface area contributed by atoms with Crippen molar-refractivity contribution in [1.82, 2.24) is 30.0 Å². The van der Waals surface area contributed by atoms with Crippen LogP contribution in [0.15, 0.2) is 60.0 Å². The zero-order valence-electron chi connectivity index (χ0n) is 17.1. The summed E-state index contributed by atoms with van der Waals surface area (Å²) in [7, 11) is 1.55. The van der Waals surface area contributed by atoms with E-state index in [4.69, 9.17) is 0 Å². The zero-order valence-corrected chi connectivity index (χ0v) is 18.0. The van der Waals surface area contributed by atoms with E-state index in [-0.39, 0.29) is 11.8 Å². The maximum Gasteiger partial charge on any atom is 0.271 e. The van der Waals surface area contributed by atoms with Crippen LogP contribution in [-0.4, -0.2) is 75.4 Å². The number of anilines is 1. The van der Waals surface area contributed by atoms with Gasteiger partial charge in [-0.2, -0.15) is 0 Å². The predicted molar refractivity (Wildman–Crippen MR) is 119 cm³/mol. The number of amides is 2. The molecule has 2 aromatic heterocycles. The first-order chi connectivity index (χ1) is 15.1. The normalized spacial score (nSPS) is 13.8. The minimum atomic E-state index is -0.262. The van der Waals surface area contributed by atoms with E-state index in [0.29, 0.717) is 35.4 Å². The molecule has 0 saturated carbocycles. The van der Waals surface area contributed by atoms with Crippen molar-refractivity contribution in [2.75, 3.05) is 43.9 Å². The van der Waals surface area contributed by atoms with Gasteiger partial charge in [-0.1, -0.05) is 30.0 Å². The number of nitrogens with zero attached hydrogens (tertiary/aromatic N) is 6. The maximum absolute atomic E-state index is 12.6. The molecule has 1 fully saturated rings. The molecule has 3 heterocycles. The van der Waals surface area contributed by atoms with E-state index >= 15 is 0 Å². The number of aromatic nitrogens is 4. The summed E-state index contributed by atoms with van der Waals surface area (Å²) in [5.74, 6) is 0.719. The van der Waals surface area contributed by atoms with Gasteiger partial charge in [-0.15, -0.1) is 10.2 Å². The molecule has 1 saturated heterocycles. The SMILES string of the molecule is CNC(=O)c1cn(-c2ccc(SCC(=O)N3CCN(c4ccccc4)CC3)nn2)cn1. The molecule has 1 N–H and O–H groups in total. The Hall–Kier alpha value is -3.40. The highest BCUT2D eigenvalue weighted by Gasteiger charge is 2.21. The van der Waals surface area contributed by atoms with Crippen molar-refractivity contribution in [3.05, 3.63) is 60.7 Å². The van der Waals surface area contributed by atoms with Crippen molar-refractivity contribution in [1.29, 1.82) is 0 Å². The van der Waals surface area contributed by atoms with Crippen molar-refractivity contribution in [2.24, 2.45) is 0 Å². The Bertz CT molecular complexity index is 1030. The van der Waals surface area contributed by atoms with E-state index in [0.717, 1.165) is 13.1 Å². The molecule has 1 aliphatic heterocycles. The predicted octanol–water partition coefficient (Wildman–Crippen LogP) is 1.46. The molecule has 0 radical (unpaired) electrons. The van der Waals surface area contributed by atoms with Crippen LogP contribution < -0.4 is 10.2 Å². The lowest BCUT2D eigenvalue weighted by Crippen LogP contribution is -2.49. The first-order valence-electron chi connectivity index (χ1n) is 9.95. The molecule has 1 aliphatic rings. The monoisotopic (exact) mass is 437 g/mol. The van der Waals surface area contributed by atoms with Gasteiger partial charge in [0.05, 0.1) is 5.75 Å². The molecule has 3 aromatic rings. The highest BCUT2D eigenvalue weighted by Crippen LogP contribution is 2.19. The molecular weight excluding hydrogens is 414 g/mol. The Balaban J connectivity index is 1.27. The van der Waals surface area contributed by atoms with E-state index in [1.807, 2.05) is 29.2 Å². The third kappa shape index (κ3) is 5.02. The van der Waals surface area contributed by atoms with Crippen LogP contribution in [-0.2, 0) is 4.79 Å². The highest BCUT2D eigenvalue weighted by molar-refractivity contribution is 7.99. The summed E-state index contributed by atoms with van der Waals surface area (Å²) >= 11 is 1.37. The van der Waals surface area contributed by atoms with Crippen LogP contribution in [0.25, 0.3) is 5.82 Å². The molecule has 0 unspecified atom stereocenters. The molecule has 31 heavy (non-hydrogen) atoms. The summed E-state index contributed by atoms with van der Waals surface area (Å²) in [6.45, 7) is 3.09. The second kappa shape index (κ2) is 9.61. The average molecular weight is 438 g/mol. The van der Waals surface area contributed by atoms with Crippen molar-refractivity contribution in [2.45, 2.75) is 5.03 Å². The summed E-state index contributed by atoms with van der Waals surface area (Å²) in [5, 5.41) is 11.6. The number of nitrogens with one attached hydrogen (secondary N) is 1. The van der Waals surface area contributed by atoms with E-state index < -0.39 is 0 Å². The number of piperazine rings is 1. The molecule has 0 aliphatic carbocycles. The standard InChI is InChI=1S/C21H23N7O2S/c1-22-21(30)17-13-28(15-23-17)18-7-8-19(25-24-18)31-14-20(29)27-11-9-26(10-12-27)16-5-3-2-4-6-16/h2-8,13,15H,9-12,14H2,1H3,(H,22,30). The lowest BCUT2D eigenvalue weighted by molar-refractivity contribution is -0.128. The van der Waals surface area contributed by atoms with E-state index in [2.05, 4.69) is 37.5 Å². The Kier molecular flexibility index (Phi) is 6.46. The van der Waals surface area contributed by atoms with Gasteiger partial charge in [-0.3, -0.25) is 14.2 Å². The van der Waals surface area contributed by atoms with Gasteiger partial charge in [-0.25, -0.2) is 4.98 Å². The minimum absolute atomic E-state index is 0.105. The van der Waals surface area contributed by atoms with Crippen LogP contribution in [0.4, 0.5) is 5.69 Å². The van der Waals surface area contributed by atoms with E-state index in [9.17, 15) is 9.59 Å². The van der Waals surface area contributed by atoms with Gasteiger partial charge >= 0.3 is 0 Å². The lowest BCUT2D eigenvalue weighted by atomic mass is 10.2. The number of thioether (sulfide) groups is 1. The van der Waals surface area contributed by atoms with Crippen molar-refractivity contribution in [3.63, 3.8) is 0 Å². The second-order valence-corrected chi connectivity index (χ2v) is 7.96. The summed E-state index contributed by atoms with van der Waals surface area (Å²) in [4.78, 5) is 32.5. The third-order valence-electron chi connectivity index (χ3n) is 5.03. The van der Waals surface area contributed by atoms with Crippen molar-refractivity contribution in [3.8, 4) is 5.82 Å². The zero-order chi connectivity index (χ0) is 21.6. The topological polar surface area (TPSA) is 96.2 Å². The molecule has 160 valence electrons. The lowest BCUT2D eigenvalue weighted by Gasteiger charge is -2.36. The summed E-state index contributed by atoms with van der Waals surface area (Å²) in [6, 6.07) is 13.9.